The zero-order valence-corrected chi connectivity index (χ0v) is 17.7. The van der Waals surface area contributed by atoms with Crippen LogP contribution in [0.25, 0.3) is 0 Å². The predicted octanol–water partition coefficient (Wildman–Crippen LogP) is 2.28. The van der Waals surface area contributed by atoms with E-state index in [1.54, 1.807) is 26.4 Å². The van der Waals surface area contributed by atoms with Gasteiger partial charge in [-0.2, -0.15) is 0 Å². The van der Waals surface area contributed by atoms with Crippen LogP contribution in [0.2, 0.25) is 0 Å². The van der Waals surface area contributed by atoms with E-state index in [4.69, 9.17) is 23.7 Å². The summed E-state index contributed by atoms with van der Waals surface area (Å²) in [5.74, 6) is 2.60. The minimum absolute atomic E-state index is 0.0958. The number of rotatable bonds is 8. The summed E-state index contributed by atoms with van der Waals surface area (Å²) in [6.45, 7) is 0. The Morgan fingerprint density at radius 2 is 1.53 bits per heavy atom. The fourth-order valence-corrected chi connectivity index (χ4v) is 3.42. The molecular weight excluding hydrogens is 390 g/mol. The van der Waals surface area contributed by atoms with Gasteiger partial charge in [0.25, 0.3) is 0 Å². The van der Waals surface area contributed by atoms with E-state index < -0.39 is 6.04 Å². The number of nitrogens with one attached hydrogen (secondary N) is 3. The van der Waals surface area contributed by atoms with E-state index in [1.807, 2.05) is 18.2 Å². The second-order valence-corrected chi connectivity index (χ2v) is 6.64. The summed E-state index contributed by atoms with van der Waals surface area (Å²) in [4.78, 5) is 12.8. The van der Waals surface area contributed by atoms with Crippen molar-refractivity contribution in [3.05, 3.63) is 35.9 Å². The van der Waals surface area contributed by atoms with E-state index in [9.17, 15) is 4.79 Å². The van der Waals surface area contributed by atoms with Crippen LogP contribution >= 0.6 is 0 Å². The molecule has 2 aromatic rings. The van der Waals surface area contributed by atoms with E-state index in [0.29, 0.717) is 40.9 Å². The van der Waals surface area contributed by atoms with E-state index in [-0.39, 0.29) is 11.9 Å². The third-order valence-corrected chi connectivity index (χ3v) is 4.97. The SMILES string of the molecule is COc1ccc(C2CC(C(=O)Nc3cc(OC)c(OC)c(OC)c3)NN2)c(OC)c1. The Bertz CT molecular complexity index is 879. The van der Waals surface area contributed by atoms with Crippen LogP contribution in [-0.4, -0.2) is 47.5 Å². The summed E-state index contributed by atoms with van der Waals surface area (Å²) in [6, 6.07) is 8.44. The lowest BCUT2D eigenvalue weighted by molar-refractivity contribution is -0.117. The summed E-state index contributed by atoms with van der Waals surface area (Å²) in [5.41, 5.74) is 7.70. The molecule has 2 aromatic carbocycles. The molecule has 1 fully saturated rings. The Kier molecular flexibility index (Phi) is 6.86. The molecule has 0 aliphatic carbocycles. The van der Waals surface area contributed by atoms with E-state index in [1.165, 1.54) is 21.3 Å². The zero-order chi connectivity index (χ0) is 21.7. The first-order valence-electron chi connectivity index (χ1n) is 9.38. The number of methoxy groups -OCH3 is 5. The highest BCUT2D eigenvalue weighted by Crippen LogP contribution is 2.40. The first-order chi connectivity index (χ1) is 14.5. The molecular formula is C21H27N3O6. The largest absolute Gasteiger partial charge is 0.497 e. The maximum atomic E-state index is 12.8. The van der Waals surface area contributed by atoms with Gasteiger partial charge in [0.15, 0.2) is 11.5 Å². The van der Waals surface area contributed by atoms with Gasteiger partial charge in [0.2, 0.25) is 11.7 Å². The van der Waals surface area contributed by atoms with Crippen molar-refractivity contribution in [2.75, 3.05) is 40.9 Å². The molecule has 9 nitrogen and oxygen atoms in total. The molecule has 30 heavy (non-hydrogen) atoms. The predicted molar refractivity (Wildman–Crippen MR) is 112 cm³/mol. The maximum absolute atomic E-state index is 12.8. The van der Waals surface area contributed by atoms with Gasteiger partial charge in [-0.1, -0.05) is 6.07 Å². The van der Waals surface area contributed by atoms with Gasteiger partial charge in [-0.05, 0) is 12.5 Å². The van der Waals surface area contributed by atoms with E-state index in [0.717, 1.165) is 5.56 Å². The van der Waals surface area contributed by atoms with Crippen molar-refractivity contribution in [3.8, 4) is 28.7 Å². The number of benzene rings is 2. The number of hydrogen-bond acceptors (Lipinski definition) is 8. The number of ether oxygens (including phenoxy) is 5. The highest BCUT2D eigenvalue weighted by Gasteiger charge is 2.32. The number of hydrazine groups is 1. The fraction of sp³-hybridized carbons (Fsp3) is 0.381. The van der Waals surface area contributed by atoms with Crippen LogP contribution in [0.1, 0.15) is 18.0 Å². The average Bonchev–Trinajstić information content (AvgIpc) is 3.28. The summed E-state index contributed by atoms with van der Waals surface area (Å²) >= 11 is 0. The van der Waals surface area contributed by atoms with Gasteiger partial charge in [-0.15, -0.1) is 0 Å². The van der Waals surface area contributed by atoms with Crippen LogP contribution in [0.5, 0.6) is 28.7 Å². The molecule has 3 N–H and O–H groups in total. The minimum atomic E-state index is -0.444. The molecule has 1 amide bonds. The summed E-state index contributed by atoms with van der Waals surface area (Å²) in [7, 11) is 7.79. The smallest absolute Gasteiger partial charge is 0.242 e. The molecule has 3 rings (SSSR count). The van der Waals surface area contributed by atoms with Gasteiger partial charge in [0.1, 0.15) is 17.5 Å². The summed E-state index contributed by atoms with van der Waals surface area (Å²) in [5, 5.41) is 2.90. The van der Waals surface area contributed by atoms with Gasteiger partial charge in [0.05, 0.1) is 41.6 Å². The van der Waals surface area contributed by atoms with Crippen LogP contribution < -0.4 is 39.9 Å². The van der Waals surface area contributed by atoms with Gasteiger partial charge in [-0.3, -0.25) is 4.79 Å². The Labute approximate surface area is 175 Å². The lowest BCUT2D eigenvalue weighted by Gasteiger charge is -2.16. The molecule has 162 valence electrons. The first-order valence-corrected chi connectivity index (χ1v) is 9.38. The van der Waals surface area contributed by atoms with Crippen molar-refractivity contribution >= 4 is 11.6 Å². The Morgan fingerprint density at radius 3 is 2.10 bits per heavy atom. The van der Waals surface area contributed by atoms with Crippen molar-refractivity contribution in [2.24, 2.45) is 0 Å². The molecule has 0 bridgehead atoms. The number of anilines is 1. The third kappa shape index (κ3) is 4.37. The maximum Gasteiger partial charge on any atom is 0.242 e. The fourth-order valence-electron chi connectivity index (χ4n) is 3.42. The number of carbonyl (C=O) groups is 1. The number of carbonyl (C=O) groups excluding carboxylic acids is 1. The Hall–Kier alpha value is -3.17. The average molecular weight is 417 g/mol. The highest BCUT2D eigenvalue weighted by atomic mass is 16.5. The summed E-state index contributed by atoms with van der Waals surface area (Å²) in [6.07, 6.45) is 0.541. The molecule has 2 atom stereocenters. The second kappa shape index (κ2) is 9.55. The topological polar surface area (TPSA) is 99.3 Å². The van der Waals surface area contributed by atoms with Crippen LogP contribution in [0.15, 0.2) is 30.3 Å². The third-order valence-electron chi connectivity index (χ3n) is 4.97. The molecule has 0 radical (unpaired) electrons. The normalized spacial score (nSPS) is 17.9. The van der Waals surface area contributed by atoms with Crippen LogP contribution in [0.3, 0.4) is 0 Å². The van der Waals surface area contributed by atoms with Gasteiger partial charge < -0.3 is 29.0 Å². The Morgan fingerprint density at radius 1 is 0.867 bits per heavy atom. The molecule has 1 aliphatic heterocycles. The monoisotopic (exact) mass is 417 g/mol. The van der Waals surface area contributed by atoms with E-state index >= 15 is 0 Å². The molecule has 1 heterocycles. The van der Waals surface area contributed by atoms with E-state index in [2.05, 4.69) is 16.2 Å². The van der Waals surface area contributed by atoms with Crippen molar-refractivity contribution in [3.63, 3.8) is 0 Å². The molecule has 0 saturated carbocycles. The van der Waals surface area contributed by atoms with Gasteiger partial charge in [0, 0.05) is 29.4 Å². The first kappa shape index (κ1) is 21.5. The second-order valence-electron chi connectivity index (χ2n) is 6.64. The molecule has 0 spiro atoms. The number of hydrogen-bond donors (Lipinski definition) is 3. The Balaban J connectivity index is 1.73. The van der Waals surface area contributed by atoms with Gasteiger partial charge >= 0.3 is 0 Å². The zero-order valence-electron chi connectivity index (χ0n) is 17.7. The lowest BCUT2D eigenvalue weighted by atomic mass is 10.0. The summed E-state index contributed by atoms with van der Waals surface area (Å²) < 4.78 is 26.7. The van der Waals surface area contributed by atoms with Crippen molar-refractivity contribution in [1.82, 2.24) is 10.9 Å². The number of amides is 1. The van der Waals surface area contributed by atoms with Crippen LogP contribution in [-0.2, 0) is 4.79 Å². The van der Waals surface area contributed by atoms with Crippen molar-refractivity contribution in [1.29, 1.82) is 0 Å². The van der Waals surface area contributed by atoms with Crippen molar-refractivity contribution < 1.29 is 28.5 Å². The van der Waals surface area contributed by atoms with Crippen LogP contribution in [0.4, 0.5) is 5.69 Å². The molecule has 2 unspecified atom stereocenters. The molecule has 1 saturated heterocycles. The van der Waals surface area contributed by atoms with Crippen LogP contribution in [0, 0.1) is 0 Å². The molecule has 0 aromatic heterocycles. The van der Waals surface area contributed by atoms with Crippen molar-refractivity contribution in [2.45, 2.75) is 18.5 Å². The highest BCUT2D eigenvalue weighted by molar-refractivity contribution is 5.95. The molecule has 1 aliphatic rings. The molecule has 9 heteroatoms. The quantitative estimate of drug-likeness (QED) is 0.602. The standard InChI is InChI=1S/C21H27N3O6/c1-26-13-6-7-14(17(10-13)27-2)15-11-16(24-23-15)21(25)22-12-8-18(28-3)20(30-5)19(9-12)29-4/h6-10,15-16,23-24H,11H2,1-5H3,(H,22,25). The minimum Gasteiger partial charge on any atom is -0.497 e. The van der Waals surface area contributed by atoms with Gasteiger partial charge in [-0.25, -0.2) is 10.9 Å². The lowest BCUT2D eigenvalue weighted by Crippen LogP contribution is -2.39.